The van der Waals surface area contributed by atoms with E-state index in [1.807, 2.05) is 0 Å². The second-order valence-corrected chi connectivity index (χ2v) is 4.51. The molecule has 0 saturated heterocycles. The summed E-state index contributed by atoms with van der Waals surface area (Å²) in [4.78, 5) is 0. The summed E-state index contributed by atoms with van der Waals surface area (Å²) in [5, 5.41) is 12.4. The van der Waals surface area contributed by atoms with E-state index in [1.54, 1.807) is 18.2 Å². The van der Waals surface area contributed by atoms with Gasteiger partial charge >= 0.3 is 0 Å². The first-order valence-electron chi connectivity index (χ1n) is 5.75. The smallest absolute Gasteiger partial charge is 0.187 e. The Kier molecular flexibility index (Phi) is 4.29. The maximum Gasteiger partial charge on any atom is 0.187 e. The molecule has 0 saturated carbocycles. The molecule has 20 heavy (non-hydrogen) atoms. The van der Waals surface area contributed by atoms with Crippen LogP contribution in [0.5, 0.6) is 11.5 Å². The molecule has 2 rings (SSSR count). The molecule has 0 atom stereocenters. The number of halogens is 3. The molecule has 106 valence electrons. The van der Waals surface area contributed by atoms with E-state index in [0.29, 0.717) is 22.0 Å². The maximum absolute atomic E-state index is 13.2. The first kappa shape index (κ1) is 14.4. The van der Waals surface area contributed by atoms with E-state index in [4.69, 9.17) is 21.4 Å². The van der Waals surface area contributed by atoms with Gasteiger partial charge in [-0.05, 0) is 29.8 Å². The number of phenolic OH excluding ortho intramolecular Hbond substituents is 1. The summed E-state index contributed by atoms with van der Waals surface area (Å²) < 4.78 is 31.5. The van der Waals surface area contributed by atoms with Crippen LogP contribution in [0.2, 0.25) is 5.02 Å². The lowest BCUT2D eigenvalue weighted by Gasteiger charge is -2.11. The number of hydrogen-bond acceptors (Lipinski definition) is 3. The number of methoxy groups -OCH3 is 1. The van der Waals surface area contributed by atoms with E-state index in [9.17, 15) is 8.78 Å². The lowest BCUT2D eigenvalue weighted by atomic mass is 10.2. The Labute approximate surface area is 119 Å². The summed E-state index contributed by atoms with van der Waals surface area (Å²) >= 11 is 6.00. The van der Waals surface area contributed by atoms with Crippen LogP contribution in [0.4, 0.5) is 14.5 Å². The number of ether oxygens (including phenoxy) is 1. The normalized spacial score (nSPS) is 10.4. The molecule has 0 aliphatic rings. The van der Waals surface area contributed by atoms with Crippen molar-refractivity contribution in [2.45, 2.75) is 6.54 Å². The van der Waals surface area contributed by atoms with Crippen molar-refractivity contribution in [3.05, 3.63) is 52.6 Å². The predicted octanol–water partition coefficient (Wildman–Crippen LogP) is 3.94. The average Bonchev–Trinajstić information content (AvgIpc) is 2.43. The van der Waals surface area contributed by atoms with Crippen LogP contribution in [0.1, 0.15) is 5.56 Å². The predicted molar refractivity (Wildman–Crippen MR) is 73.4 cm³/mol. The molecule has 0 radical (unpaired) electrons. The standard InChI is InChI=1S/C14H12ClF2NO2/c1-20-9-2-3-10(15)13(6-9)18-7-8-4-11(16)14(19)12(17)5-8/h2-6,18-19H,7H2,1H3. The molecule has 6 heteroatoms. The quantitative estimate of drug-likeness (QED) is 0.898. The minimum Gasteiger partial charge on any atom is -0.503 e. The van der Waals surface area contributed by atoms with Gasteiger partial charge in [-0.1, -0.05) is 11.6 Å². The highest BCUT2D eigenvalue weighted by atomic mass is 35.5. The number of anilines is 1. The van der Waals surface area contributed by atoms with E-state index >= 15 is 0 Å². The molecular weight excluding hydrogens is 288 g/mol. The summed E-state index contributed by atoms with van der Waals surface area (Å²) in [5.41, 5.74) is 0.927. The van der Waals surface area contributed by atoms with Gasteiger partial charge in [-0.3, -0.25) is 0 Å². The van der Waals surface area contributed by atoms with Gasteiger partial charge in [0.2, 0.25) is 0 Å². The molecule has 3 nitrogen and oxygen atoms in total. The molecule has 0 fully saturated rings. The van der Waals surface area contributed by atoms with Crippen molar-refractivity contribution in [3.63, 3.8) is 0 Å². The average molecular weight is 300 g/mol. The molecule has 0 aromatic heterocycles. The van der Waals surface area contributed by atoms with Gasteiger partial charge in [0.25, 0.3) is 0 Å². The third-order valence-electron chi connectivity index (χ3n) is 2.73. The second-order valence-electron chi connectivity index (χ2n) is 4.11. The Hall–Kier alpha value is -2.01. The molecule has 0 amide bonds. The molecule has 0 bridgehead atoms. The third-order valence-corrected chi connectivity index (χ3v) is 3.06. The zero-order chi connectivity index (χ0) is 14.7. The van der Waals surface area contributed by atoms with Gasteiger partial charge in [0, 0.05) is 12.6 Å². The van der Waals surface area contributed by atoms with Crippen molar-refractivity contribution in [2.75, 3.05) is 12.4 Å². The number of aromatic hydroxyl groups is 1. The van der Waals surface area contributed by atoms with Gasteiger partial charge in [0.15, 0.2) is 17.4 Å². The van der Waals surface area contributed by atoms with Crippen molar-refractivity contribution in [1.29, 1.82) is 0 Å². The van der Waals surface area contributed by atoms with Crippen molar-refractivity contribution < 1.29 is 18.6 Å². The van der Waals surface area contributed by atoms with Gasteiger partial charge in [-0.2, -0.15) is 0 Å². The highest BCUT2D eigenvalue weighted by Crippen LogP contribution is 2.28. The highest BCUT2D eigenvalue weighted by Gasteiger charge is 2.10. The van der Waals surface area contributed by atoms with E-state index < -0.39 is 17.4 Å². The SMILES string of the molecule is COc1ccc(Cl)c(NCc2cc(F)c(O)c(F)c2)c1. The molecule has 0 spiro atoms. The minimum atomic E-state index is -1.00. The number of nitrogens with one attached hydrogen (secondary N) is 1. The van der Waals surface area contributed by atoms with Crippen LogP contribution in [0.25, 0.3) is 0 Å². The summed E-state index contributed by atoms with van der Waals surface area (Å²) in [7, 11) is 1.53. The second kappa shape index (κ2) is 5.96. The Bertz CT molecular complexity index is 612. The van der Waals surface area contributed by atoms with Gasteiger partial charge in [-0.25, -0.2) is 8.78 Å². The van der Waals surface area contributed by atoms with Crippen molar-refractivity contribution in [2.24, 2.45) is 0 Å². The maximum atomic E-state index is 13.2. The van der Waals surface area contributed by atoms with Crippen LogP contribution in [0, 0.1) is 11.6 Å². The topological polar surface area (TPSA) is 41.5 Å². The van der Waals surface area contributed by atoms with Crippen LogP contribution < -0.4 is 10.1 Å². The van der Waals surface area contributed by atoms with E-state index in [0.717, 1.165) is 12.1 Å². The zero-order valence-electron chi connectivity index (χ0n) is 10.6. The molecule has 0 heterocycles. The Morgan fingerprint density at radius 2 is 1.85 bits per heavy atom. The van der Waals surface area contributed by atoms with E-state index in [2.05, 4.69) is 5.32 Å². The van der Waals surface area contributed by atoms with Crippen molar-refractivity contribution in [3.8, 4) is 11.5 Å². The molecular formula is C14H12ClF2NO2. The van der Waals surface area contributed by atoms with Crippen LogP contribution in [0.15, 0.2) is 30.3 Å². The van der Waals surface area contributed by atoms with E-state index in [1.165, 1.54) is 7.11 Å². The van der Waals surface area contributed by atoms with Crippen LogP contribution in [-0.2, 0) is 6.54 Å². The Morgan fingerprint density at radius 1 is 1.20 bits per heavy atom. The fourth-order valence-corrected chi connectivity index (χ4v) is 1.87. The molecule has 0 unspecified atom stereocenters. The van der Waals surface area contributed by atoms with Gasteiger partial charge < -0.3 is 15.2 Å². The van der Waals surface area contributed by atoms with Gasteiger partial charge in [-0.15, -0.1) is 0 Å². The molecule has 2 N–H and O–H groups in total. The lowest BCUT2D eigenvalue weighted by Crippen LogP contribution is -2.01. The number of phenols is 1. The first-order chi connectivity index (χ1) is 9.51. The van der Waals surface area contributed by atoms with Crippen LogP contribution in [0.3, 0.4) is 0 Å². The minimum absolute atomic E-state index is 0.154. The monoisotopic (exact) mass is 299 g/mol. The lowest BCUT2D eigenvalue weighted by molar-refractivity contribution is 0.395. The van der Waals surface area contributed by atoms with Gasteiger partial charge in [0.1, 0.15) is 5.75 Å². The highest BCUT2D eigenvalue weighted by molar-refractivity contribution is 6.33. The molecule has 0 aliphatic heterocycles. The first-order valence-corrected chi connectivity index (χ1v) is 6.13. The number of rotatable bonds is 4. The summed E-state index contributed by atoms with van der Waals surface area (Å²) in [5.74, 6) is -2.37. The largest absolute Gasteiger partial charge is 0.503 e. The Balaban J connectivity index is 2.16. The fraction of sp³-hybridized carbons (Fsp3) is 0.143. The molecule has 0 aliphatic carbocycles. The Morgan fingerprint density at radius 3 is 2.45 bits per heavy atom. The third kappa shape index (κ3) is 3.11. The van der Waals surface area contributed by atoms with Crippen LogP contribution >= 0.6 is 11.6 Å². The van der Waals surface area contributed by atoms with Crippen molar-refractivity contribution >= 4 is 17.3 Å². The van der Waals surface area contributed by atoms with E-state index in [-0.39, 0.29) is 6.54 Å². The van der Waals surface area contributed by atoms with Gasteiger partial charge in [0.05, 0.1) is 17.8 Å². The van der Waals surface area contributed by atoms with Crippen molar-refractivity contribution in [1.82, 2.24) is 0 Å². The summed E-state index contributed by atoms with van der Waals surface area (Å²) in [6.45, 7) is 0.154. The number of benzene rings is 2. The summed E-state index contributed by atoms with van der Waals surface area (Å²) in [6, 6.07) is 7.14. The van der Waals surface area contributed by atoms with Crippen LogP contribution in [-0.4, -0.2) is 12.2 Å². The molecule has 2 aromatic rings. The molecule has 2 aromatic carbocycles. The number of hydrogen-bond donors (Lipinski definition) is 2. The summed E-state index contributed by atoms with van der Waals surface area (Å²) in [6.07, 6.45) is 0. The zero-order valence-corrected chi connectivity index (χ0v) is 11.3. The fourth-order valence-electron chi connectivity index (χ4n) is 1.68.